The van der Waals surface area contributed by atoms with Gasteiger partial charge in [0.2, 0.25) is 0 Å². The first-order valence-electron chi connectivity index (χ1n) is 7.26. The van der Waals surface area contributed by atoms with Crippen molar-refractivity contribution in [1.29, 1.82) is 0 Å². The van der Waals surface area contributed by atoms with Crippen molar-refractivity contribution in [1.82, 2.24) is 14.7 Å². The molecule has 1 aromatic rings. The molecule has 0 saturated carbocycles. The number of hydrogen-bond donors (Lipinski definition) is 1. The Hall–Kier alpha value is -1.52. The van der Waals surface area contributed by atoms with Crippen LogP contribution < -0.4 is 5.73 Å². The number of rotatable bonds is 8. The summed E-state index contributed by atoms with van der Waals surface area (Å²) in [4.78, 5) is 14.4. The summed E-state index contributed by atoms with van der Waals surface area (Å²) in [5.74, 6) is -0.0356. The van der Waals surface area contributed by atoms with E-state index in [0.717, 1.165) is 45.3 Å². The molecule has 2 N–H and O–H groups in total. The number of hydrogen-bond acceptors (Lipinski definition) is 3. The van der Waals surface area contributed by atoms with Crippen molar-refractivity contribution in [2.45, 2.75) is 53.0 Å². The van der Waals surface area contributed by atoms with Crippen molar-refractivity contribution >= 4 is 11.6 Å². The molecular formula is C14H26N4O. The van der Waals surface area contributed by atoms with Gasteiger partial charge in [-0.25, -0.2) is 0 Å². The minimum absolute atomic E-state index is 0.0356. The number of nitrogens with two attached hydrogens (primary N) is 1. The van der Waals surface area contributed by atoms with Gasteiger partial charge in [0.05, 0.1) is 5.69 Å². The molecule has 0 saturated heterocycles. The predicted molar refractivity (Wildman–Crippen MR) is 78.0 cm³/mol. The smallest absolute Gasteiger partial charge is 0.276 e. The molecule has 0 aromatic carbocycles. The van der Waals surface area contributed by atoms with E-state index in [1.165, 1.54) is 0 Å². The van der Waals surface area contributed by atoms with Crippen LogP contribution in [0.1, 0.15) is 56.9 Å². The molecule has 0 radical (unpaired) electrons. The van der Waals surface area contributed by atoms with Crippen LogP contribution in [0.4, 0.5) is 5.69 Å². The molecule has 0 spiro atoms. The van der Waals surface area contributed by atoms with Gasteiger partial charge < -0.3 is 10.6 Å². The van der Waals surface area contributed by atoms with Crippen LogP contribution in [0.25, 0.3) is 0 Å². The summed E-state index contributed by atoms with van der Waals surface area (Å²) in [7, 11) is 0. The fourth-order valence-electron chi connectivity index (χ4n) is 1.93. The Bertz CT molecular complexity index is 392. The van der Waals surface area contributed by atoms with Crippen LogP contribution in [-0.2, 0) is 6.54 Å². The van der Waals surface area contributed by atoms with Gasteiger partial charge in [-0.15, -0.1) is 0 Å². The van der Waals surface area contributed by atoms with Crippen LogP contribution in [0, 0.1) is 0 Å². The lowest BCUT2D eigenvalue weighted by Crippen LogP contribution is -2.33. The van der Waals surface area contributed by atoms with E-state index in [-0.39, 0.29) is 5.91 Å². The highest BCUT2D eigenvalue weighted by molar-refractivity contribution is 5.97. The van der Waals surface area contributed by atoms with E-state index in [1.54, 1.807) is 10.9 Å². The highest BCUT2D eigenvalue weighted by Crippen LogP contribution is 2.13. The molecule has 1 aromatic heterocycles. The van der Waals surface area contributed by atoms with E-state index in [2.05, 4.69) is 18.9 Å². The van der Waals surface area contributed by atoms with Crippen LogP contribution in [-0.4, -0.2) is 33.7 Å². The topological polar surface area (TPSA) is 64.2 Å². The van der Waals surface area contributed by atoms with Crippen molar-refractivity contribution in [3.8, 4) is 0 Å². The normalized spacial score (nSPS) is 10.7. The van der Waals surface area contributed by atoms with Gasteiger partial charge in [0.25, 0.3) is 5.91 Å². The van der Waals surface area contributed by atoms with Gasteiger partial charge in [-0.05, 0) is 19.8 Å². The first kappa shape index (κ1) is 15.5. The van der Waals surface area contributed by atoms with E-state index in [4.69, 9.17) is 5.73 Å². The zero-order chi connectivity index (χ0) is 14.3. The zero-order valence-corrected chi connectivity index (χ0v) is 12.4. The highest BCUT2D eigenvalue weighted by atomic mass is 16.2. The molecule has 1 rings (SSSR count). The van der Waals surface area contributed by atoms with Gasteiger partial charge in [0, 0.05) is 25.8 Å². The van der Waals surface area contributed by atoms with Crippen molar-refractivity contribution in [2.75, 3.05) is 18.8 Å². The maximum atomic E-state index is 12.5. The van der Waals surface area contributed by atoms with Crippen molar-refractivity contribution in [2.24, 2.45) is 0 Å². The number of anilines is 1. The van der Waals surface area contributed by atoms with Crippen LogP contribution in [0.5, 0.6) is 0 Å². The van der Waals surface area contributed by atoms with E-state index < -0.39 is 0 Å². The van der Waals surface area contributed by atoms with E-state index in [9.17, 15) is 4.79 Å². The molecule has 5 heteroatoms. The SMILES string of the molecule is CCCCN(CCCC)C(=O)c1nn(CC)cc1N. The standard InChI is InChI=1S/C14H26N4O/c1-4-7-9-17(10-8-5-2)14(19)13-12(15)11-18(6-3)16-13/h11H,4-10,15H2,1-3H3. The molecule has 0 bridgehead atoms. The van der Waals surface area contributed by atoms with Crippen LogP contribution in [0.15, 0.2) is 6.20 Å². The second-order valence-corrected chi connectivity index (χ2v) is 4.79. The van der Waals surface area contributed by atoms with E-state index in [0.29, 0.717) is 11.4 Å². The molecule has 19 heavy (non-hydrogen) atoms. The number of unbranched alkanes of at least 4 members (excludes halogenated alkanes) is 2. The summed E-state index contributed by atoms with van der Waals surface area (Å²) < 4.78 is 1.71. The molecule has 0 aliphatic rings. The average molecular weight is 266 g/mol. The molecule has 1 heterocycles. The van der Waals surface area contributed by atoms with Gasteiger partial charge in [0.15, 0.2) is 5.69 Å². The number of carbonyl (C=O) groups is 1. The summed E-state index contributed by atoms with van der Waals surface area (Å²) >= 11 is 0. The average Bonchev–Trinajstić information content (AvgIpc) is 2.79. The van der Waals surface area contributed by atoms with Crippen LogP contribution in [0.2, 0.25) is 0 Å². The number of amides is 1. The largest absolute Gasteiger partial charge is 0.396 e. The molecule has 0 unspecified atom stereocenters. The Morgan fingerprint density at radius 2 is 1.84 bits per heavy atom. The second kappa shape index (κ2) is 7.81. The number of carbonyl (C=O) groups excluding carboxylic acids is 1. The molecule has 0 aliphatic heterocycles. The van der Waals surface area contributed by atoms with Crippen LogP contribution >= 0.6 is 0 Å². The number of nitrogen functional groups attached to an aromatic ring is 1. The molecule has 0 aliphatic carbocycles. The molecule has 0 atom stereocenters. The van der Waals surface area contributed by atoms with Crippen molar-refractivity contribution in [3.63, 3.8) is 0 Å². The maximum Gasteiger partial charge on any atom is 0.276 e. The first-order valence-corrected chi connectivity index (χ1v) is 7.26. The molecule has 0 fully saturated rings. The Balaban J connectivity index is 2.80. The third kappa shape index (κ3) is 4.26. The zero-order valence-electron chi connectivity index (χ0n) is 12.4. The summed E-state index contributed by atoms with van der Waals surface area (Å²) in [6, 6.07) is 0. The number of nitrogens with zero attached hydrogens (tertiary/aromatic N) is 3. The summed E-state index contributed by atoms with van der Waals surface area (Å²) in [5.41, 5.74) is 6.76. The van der Waals surface area contributed by atoms with Gasteiger partial charge >= 0.3 is 0 Å². The second-order valence-electron chi connectivity index (χ2n) is 4.79. The lowest BCUT2D eigenvalue weighted by atomic mass is 10.2. The number of aryl methyl sites for hydroxylation is 1. The van der Waals surface area contributed by atoms with E-state index in [1.807, 2.05) is 11.8 Å². The Kier molecular flexibility index (Phi) is 6.39. The van der Waals surface area contributed by atoms with E-state index >= 15 is 0 Å². The fourth-order valence-corrected chi connectivity index (χ4v) is 1.93. The maximum absolute atomic E-state index is 12.5. The third-order valence-electron chi connectivity index (χ3n) is 3.17. The molecule has 108 valence electrons. The lowest BCUT2D eigenvalue weighted by Gasteiger charge is -2.21. The Labute approximate surface area is 115 Å². The minimum atomic E-state index is -0.0356. The van der Waals surface area contributed by atoms with Gasteiger partial charge in [-0.1, -0.05) is 26.7 Å². The van der Waals surface area contributed by atoms with Crippen molar-refractivity contribution in [3.05, 3.63) is 11.9 Å². The minimum Gasteiger partial charge on any atom is -0.396 e. The number of aromatic nitrogens is 2. The lowest BCUT2D eigenvalue weighted by molar-refractivity contribution is 0.0745. The summed E-state index contributed by atoms with van der Waals surface area (Å²) in [6.45, 7) is 8.53. The van der Waals surface area contributed by atoms with Crippen molar-refractivity contribution < 1.29 is 4.79 Å². The van der Waals surface area contributed by atoms with Gasteiger partial charge in [0.1, 0.15) is 0 Å². The van der Waals surface area contributed by atoms with Gasteiger partial charge in [-0.3, -0.25) is 9.48 Å². The monoisotopic (exact) mass is 266 g/mol. The van der Waals surface area contributed by atoms with Gasteiger partial charge in [-0.2, -0.15) is 5.10 Å². The molecular weight excluding hydrogens is 240 g/mol. The fraction of sp³-hybridized carbons (Fsp3) is 0.714. The Morgan fingerprint density at radius 1 is 1.26 bits per heavy atom. The predicted octanol–water partition coefficient (Wildman–Crippen LogP) is 2.53. The van der Waals surface area contributed by atoms with Crippen LogP contribution in [0.3, 0.4) is 0 Å². The summed E-state index contributed by atoms with van der Waals surface area (Å²) in [5, 5.41) is 4.27. The molecule has 5 nitrogen and oxygen atoms in total. The third-order valence-corrected chi connectivity index (χ3v) is 3.17. The molecule has 1 amide bonds. The highest BCUT2D eigenvalue weighted by Gasteiger charge is 2.20. The Morgan fingerprint density at radius 3 is 2.26 bits per heavy atom. The quantitative estimate of drug-likeness (QED) is 0.786. The summed E-state index contributed by atoms with van der Waals surface area (Å²) in [6.07, 6.45) is 5.92. The first-order chi connectivity index (χ1) is 9.13.